The zero-order chi connectivity index (χ0) is 37.1. The molecule has 2 unspecified atom stereocenters. The number of ether oxygens (including phenoxy) is 3. The minimum absolute atomic E-state index is 0.0575. The van der Waals surface area contributed by atoms with Gasteiger partial charge in [-0.2, -0.15) is 10.1 Å². The summed E-state index contributed by atoms with van der Waals surface area (Å²) < 4.78 is 16.4. The van der Waals surface area contributed by atoms with Gasteiger partial charge in [-0.15, -0.1) is 0 Å². The summed E-state index contributed by atoms with van der Waals surface area (Å²) in [6.07, 6.45) is 3.09. The van der Waals surface area contributed by atoms with Crippen molar-refractivity contribution in [2.75, 3.05) is 18.4 Å². The van der Waals surface area contributed by atoms with Gasteiger partial charge in [-0.25, -0.2) is 19.4 Å². The summed E-state index contributed by atoms with van der Waals surface area (Å²) >= 11 is 0. The van der Waals surface area contributed by atoms with Crippen molar-refractivity contribution in [3.05, 3.63) is 59.4 Å². The van der Waals surface area contributed by atoms with Crippen LogP contribution in [0, 0.1) is 5.41 Å². The van der Waals surface area contributed by atoms with Crippen molar-refractivity contribution in [3.8, 4) is 0 Å². The average Bonchev–Trinajstić information content (AvgIpc) is 3.61. The summed E-state index contributed by atoms with van der Waals surface area (Å²) in [6, 6.07) is 9.26. The number of pyridine rings is 1. The molecule has 3 aliphatic rings. The lowest BCUT2D eigenvalue weighted by Crippen LogP contribution is -2.44. The van der Waals surface area contributed by atoms with Crippen molar-refractivity contribution in [1.82, 2.24) is 20.2 Å². The number of esters is 1. The third-order valence-electron chi connectivity index (χ3n) is 8.27. The van der Waals surface area contributed by atoms with E-state index < -0.39 is 28.7 Å². The van der Waals surface area contributed by atoms with Gasteiger partial charge in [0, 0.05) is 50.6 Å². The van der Waals surface area contributed by atoms with Gasteiger partial charge < -0.3 is 24.4 Å². The Hall–Kier alpha value is -4.69. The zero-order valence-electron chi connectivity index (χ0n) is 30.7. The molecular weight excluding hydrogens is 654 g/mol. The van der Waals surface area contributed by atoms with Crippen LogP contribution in [0.3, 0.4) is 0 Å². The monoisotopic (exact) mass is 703 g/mol. The van der Waals surface area contributed by atoms with Crippen LogP contribution in [0.25, 0.3) is 0 Å². The number of fused-ring (bicyclic) bond motifs is 1. The van der Waals surface area contributed by atoms with Crippen LogP contribution in [0.15, 0.2) is 52.8 Å². The van der Waals surface area contributed by atoms with Crippen molar-refractivity contribution >= 4 is 41.1 Å². The molecule has 0 spiro atoms. The molecule has 0 radical (unpaired) electrons. The first-order chi connectivity index (χ1) is 23.9. The number of hydrogen-bond donors (Lipinski definition) is 2. The van der Waals surface area contributed by atoms with E-state index in [0.29, 0.717) is 44.7 Å². The summed E-state index contributed by atoms with van der Waals surface area (Å²) in [4.78, 5) is 61.1. The van der Waals surface area contributed by atoms with Gasteiger partial charge in [-0.3, -0.25) is 15.1 Å². The van der Waals surface area contributed by atoms with Crippen LogP contribution in [0.2, 0.25) is 0 Å². The van der Waals surface area contributed by atoms with Gasteiger partial charge in [-0.1, -0.05) is 26.0 Å². The van der Waals surface area contributed by atoms with E-state index >= 15 is 0 Å². The molecule has 0 aliphatic carbocycles. The van der Waals surface area contributed by atoms with Gasteiger partial charge in [0.25, 0.3) is 0 Å². The number of anilines is 1. The number of benzene rings is 1. The van der Waals surface area contributed by atoms with E-state index in [2.05, 4.69) is 20.6 Å². The van der Waals surface area contributed by atoms with Crippen molar-refractivity contribution < 1.29 is 33.4 Å². The van der Waals surface area contributed by atoms with E-state index in [4.69, 9.17) is 19.3 Å². The lowest BCUT2D eigenvalue weighted by atomic mass is 9.82. The standard InChI is InChI=1S/C37H49N7O7/c1-35(2,3)50-31(45)27(41-34(48)51-36(4,5)6)18-29-30(49-29)39-15-9-17-44-32(46)37(7,8)19-28(42-44)23-10-12-26(13-11-23)40-33(47)43-21-24-14-16-38-20-25(24)22-43/h10-14,16,20,29-30,39H,9,15,17-19,21-22H2,1-8H3,(H,40,47). The van der Waals surface area contributed by atoms with Crippen LogP contribution >= 0.6 is 0 Å². The smallest absolute Gasteiger partial charge is 0.434 e. The molecule has 51 heavy (non-hydrogen) atoms. The van der Waals surface area contributed by atoms with Gasteiger partial charge in [0.1, 0.15) is 29.2 Å². The van der Waals surface area contributed by atoms with Crippen LogP contribution in [-0.2, 0) is 36.9 Å². The number of urea groups is 1. The number of rotatable bonds is 10. The second-order valence-electron chi connectivity index (χ2n) is 15.7. The molecule has 4 heterocycles. The van der Waals surface area contributed by atoms with Gasteiger partial charge in [-0.05, 0) is 89.4 Å². The number of carbonyl (C=O) groups is 4. The predicted molar refractivity (Wildman–Crippen MR) is 191 cm³/mol. The van der Waals surface area contributed by atoms with Crippen molar-refractivity contribution in [3.63, 3.8) is 0 Å². The fourth-order valence-corrected chi connectivity index (χ4v) is 5.74. The molecule has 1 aromatic carbocycles. The fourth-order valence-electron chi connectivity index (χ4n) is 5.74. The molecule has 1 aromatic heterocycles. The lowest BCUT2D eigenvalue weighted by molar-refractivity contribution is -0.146. The molecule has 2 atom stereocenters. The average molecular weight is 704 g/mol. The molecule has 2 aromatic rings. The SMILES string of the molecule is CC(C)(C)OC(=O)N=C(CC1OC1NCCCN1N=C(c2ccc(NC(=O)N3Cc4ccncc4C3)cc2)CC(C)(C)C1=O)C(=O)OC(C)(C)C. The van der Waals surface area contributed by atoms with Crippen molar-refractivity contribution in [1.29, 1.82) is 0 Å². The highest BCUT2D eigenvalue weighted by molar-refractivity contribution is 6.38. The molecular formula is C37H49N7O7. The van der Waals surface area contributed by atoms with Crippen LogP contribution < -0.4 is 10.6 Å². The first kappa shape index (κ1) is 37.6. The summed E-state index contributed by atoms with van der Waals surface area (Å²) in [5, 5.41) is 12.5. The van der Waals surface area contributed by atoms with Gasteiger partial charge in [0.15, 0.2) is 0 Å². The molecule has 0 saturated carbocycles. The number of nitrogens with one attached hydrogen (secondary N) is 2. The molecule has 1 fully saturated rings. The number of aliphatic imine (C=N–C) groups is 1. The third kappa shape index (κ3) is 10.4. The number of nitrogens with zero attached hydrogens (tertiary/aromatic N) is 5. The minimum atomic E-state index is -0.868. The summed E-state index contributed by atoms with van der Waals surface area (Å²) in [5.74, 6) is -0.758. The first-order valence-electron chi connectivity index (χ1n) is 17.3. The Morgan fingerprint density at radius 2 is 1.69 bits per heavy atom. The Kier molecular flexibility index (Phi) is 11.0. The number of hydrogen-bond acceptors (Lipinski definition) is 10. The number of carbonyl (C=O) groups excluding carboxylic acids is 4. The maximum Gasteiger partial charge on any atom is 0.434 e. The highest BCUT2D eigenvalue weighted by Gasteiger charge is 2.42. The summed E-state index contributed by atoms with van der Waals surface area (Å²) in [7, 11) is 0. The van der Waals surface area contributed by atoms with E-state index in [9.17, 15) is 19.2 Å². The van der Waals surface area contributed by atoms with Crippen molar-refractivity contribution in [2.24, 2.45) is 15.5 Å². The van der Waals surface area contributed by atoms with Gasteiger partial charge in [0.2, 0.25) is 5.91 Å². The molecule has 3 aliphatic heterocycles. The Morgan fingerprint density at radius 3 is 2.35 bits per heavy atom. The van der Waals surface area contributed by atoms with E-state index in [1.54, 1.807) is 58.8 Å². The number of hydrazone groups is 1. The minimum Gasteiger partial charge on any atom is -0.455 e. The Labute approximate surface area is 299 Å². The number of epoxide rings is 1. The molecule has 14 heteroatoms. The maximum absolute atomic E-state index is 13.3. The molecule has 5 rings (SSSR count). The summed E-state index contributed by atoms with van der Waals surface area (Å²) in [6.45, 7) is 16.2. The number of aromatic nitrogens is 1. The fraction of sp³-hybridized carbons (Fsp3) is 0.541. The van der Waals surface area contributed by atoms with Crippen LogP contribution in [0.1, 0.15) is 91.3 Å². The zero-order valence-corrected chi connectivity index (χ0v) is 30.7. The topological polar surface area (TPSA) is 167 Å². The van der Waals surface area contributed by atoms with Crippen molar-refractivity contribution in [2.45, 2.75) is 111 Å². The maximum atomic E-state index is 13.3. The van der Waals surface area contributed by atoms with Gasteiger partial charge >= 0.3 is 18.1 Å². The quantitative estimate of drug-likeness (QED) is 0.142. The van der Waals surface area contributed by atoms with Crippen LogP contribution in [0.4, 0.5) is 15.3 Å². The van der Waals surface area contributed by atoms with Crippen LogP contribution in [-0.4, -0.2) is 86.9 Å². The number of amides is 4. The Bertz CT molecular complexity index is 1680. The largest absolute Gasteiger partial charge is 0.455 e. The second-order valence-corrected chi connectivity index (χ2v) is 15.7. The normalized spacial score (nSPS) is 20.0. The van der Waals surface area contributed by atoms with E-state index in [1.807, 2.05) is 44.2 Å². The summed E-state index contributed by atoms with van der Waals surface area (Å²) in [5.41, 5.74) is 2.24. The predicted octanol–water partition coefficient (Wildman–Crippen LogP) is 5.40. The molecule has 0 bridgehead atoms. The Morgan fingerprint density at radius 1 is 1.00 bits per heavy atom. The van der Waals surface area contributed by atoms with E-state index in [-0.39, 0.29) is 36.4 Å². The molecule has 14 nitrogen and oxygen atoms in total. The van der Waals surface area contributed by atoms with Crippen LogP contribution in [0.5, 0.6) is 0 Å². The molecule has 2 N–H and O–H groups in total. The molecule has 4 amide bonds. The second kappa shape index (κ2) is 14.9. The molecule has 1 saturated heterocycles. The third-order valence-corrected chi connectivity index (χ3v) is 8.27. The van der Waals surface area contributed by atoms with E-state index in [0.717, 1.165) is 22.4 Å². The first-order valence-corrected chi connectivity index (χ1v) is 17.3. The molecule has 274 valence electrons. The lowest BCUT2D eigenvalue weighted by Gasteiger charge is -2.34. The van der Waals surface area contributed by atoms with E-state index in [1.165, 1.54) is 5.01 Å². The highest BCUT2D eigenvalue weighted by atomic mass is 16.6. The Balaban J connectivity index is 1.12. The van der Waals surface area contributed by atoms with Gasteiger partial charge in [0.05, 0.1) is 11.1 Å². The highest BCUT2D eigenvalue weighted by Crippen LogP contribution is 2.32.